The summed E-state index contributed by atoms with van der Waals surface area (Å²) in [6, 6.07) is 22.3. The fraction of sp³-hybridized carbons (Fsp3) is 0.125. The van der Waals surface area contributed by atoms with E-state index in [9.17, 15) is 9.59 Å². The topological polar surface area (TPSA) is 70.2 Å². The van der Waals surface area contributed by atoms with Crippen molar-refractivity contribution in [2.45, 2.75) is 20.3 Å². The van der Waals surface area contributed by atoms with Crippen LogP contribution in [0.15, 0.2) is 72.8 Å². The minimum Gasteiger partial charge on any atom is -0.332 e. The van der Waals surface area contributed by atoms with E-state index >= 15 is 0 Å². The predicted molar refractivity (Wildman–Crippen MR) is 125 cm³/mol. The van der Waals surface area contributed by atoms with Gasteiger partial charge in [0.05, 0.1) is 6.42 Å². The molecule has 0 fully saturated rings. The predicted octanol–water partition coefficient (Wildman–Crippen LogP) is 4.61. The molecule has 3 rings (SSSR count). The highest BCUT2D eigenvalue weighted by molar-refractivity contribution is 7.80. The van der Waals surface area contributed by atoms with Crippen LogP contribution in [-0.2, 0) is 11.2 Å². The number of anilines is 2. The maximum absolute atomic E-state index is 12.3. The van der Waals surface area contributed by atoms with Crippen LogP contribution in [0.4, 0.5) is 11.4 Å². The first kappa shape index (κ1) is 21.2. The molecule has 5 nitrogen and oxygen atoms in total. The Morgan fingerprint density at radius 2 is 1.50 bits per heavy atom. The van der Waals surface area contributed by atoms with Gasteiger partial charge in [-0.05, 0) is 73.6 Å². The number of carbonyl (C=O) groups excluding carboxylic acids is 2. The van der Waals surface area contributed by atoms with Gasteiger partial charge in [0.2, 0.25) is 5.91 Å². The molecule has 0 saturated heterocycles. The standard InChI is InChI=1S/C24H23N3O2S/c1-16-6-5-9-19(14-16)23(29)25-20-10-12-21(13-11-20)26-24(30)27-22(28)15-18-8-4-3-7-17(18)2/h3-14H,15H2,1-2H3,(H,25,29)(H2,26,27,28,30). The van der Waals surface area contributed by atoms with Crippen LogP contribution in [0.1, 0.15) is 27.0 Å². The fourth-order valence-corrected chi connectivity index (χ4v) is 3.17. The van der Waals surface area contributed by atoms with Crippen molar-refractivity contribution in [3.63, 3.8) is 0 Å². The maximum Gasteiger partial charge on any atom is 0.255 e. The molecule has 0 bridgehead atoms. The van der Waals surface area contributed by atoms with Gasteiger partial charge in [-0.3, -0.25) is 9.59 Å². The lowest BCUT2D eigenvalue weighted by molar-refractivity contribution is -0.119. The molecule has 3 aromatic rings. The number of benzene rings is 3. The molecule has 30 heavy (non-hydrogen) atoms. The number of aryl methyl sites for hydroxylation is 2. The average molecular weight is 418 g/mol. The summed E-state index contributed by atoms with van der Waals surface area (Å²) in [4.78, 5) is 24.5. The first-order valence-corrected chi connectivity index (χ1v) is 9.95. The second-order valence-corrected chi connectivity index (χ2v) is 7.41. The zero-order valence-corrected chi connectivity index (χ0v) is 17.7. The summed E-state index contributed by atoms with van der Waals surface area (Å²) in [5, 5.41) is 8.76. The van der Waals surface area contributed by atoms with Crippen molar-refractivity contribution in [1.82, 2.24) is 5.32 Å². The SMILES string of the molecule is Cc1cccc(C(=O)Nc2ccc(NC(=S)NC(=O)Cc3ccccc3C)cc2)c1. The summed E-state index contributed by atoms with van der Waals surface area (Å²) in [5.41, 5.74) is 5.04. The van der Waals surface area contributed by atoms with Crippen LogP contribution < -0.4 is 16.0 Å². The number of carbonyl (C=O) groups is 2. The van der Waals surface area contributed by atoms with E-state index in [1.165, 1.54) is 0 Å². The smallest absolute Gasteiger partial charge is 0.255 e. The highest BCUT2D eigenvalue weighted by Crippen LogP contribution is 2.15. The molecule has 6 heteroatoms. The van der Waals surface area contributed by atoms with E-state index in [0.717, 1.165) is 16.7 Å². The van der Waals surface area contributed by atoms with Crippen molar-refractivity contribution in [1.29, 1.82) is 0 Å². The zero-order valence-electron chi connectivity index (χ0n) is 16.9. The molecule has 0 spiro atoms. The van der Waals surface area contributed by atoms with E-state index in [2.05, 4.69) is 16.0 Å². The Bertz CT molecular complexity index is 1080. The molecule has 3 aromatic carbocycles. The Labute approximate surface area is 181 Å². The first-order valence-electron chi connectivity index (χ1n) is 9.54. The second kappa shape index (κ2) is 9.80. The molecule has 3 N–H and O–H groups in total. The lowest BCUT2D eigenvalue weighted by Crippen LogP contribution is -2.35. The van der Waals surface area contributed by atoms with E-state index in [0.29, 0.717) is 16.9 Å². The molecular formula is C24H23N3O2S. The molecule has 2 amide bonds. The van der Waals surface area contributed by atoms with Crippen LogP contribution in [0.5, 0.6) is 0 Å². The summed E-state index contributed by atoms with van der Waals surface area (Å²) in [5.74, 6) is -0.345. The Morgan fingerprint density at radius 3 is 2.17 bits per heavy atom. The van der Waals surface area contributed by atoms with Gasteiger partial charge in [0, 0.05) is 16.9 Å². The third-order valence-electron chi connectivity index (χ3n) is 4.55. The van der Waals surface area contributed by atoms with Crippen molar-refractivity contribution in [3.8, 4) is 0 Å². The third-order valence-corrected chi connectivity index (χ3v) is 4.75. The van der Waals surface area contributed by atoms with Crippen LogP contribution in [0.2, 0.25) is 0 Å². The van der Waals surface area contributed by atoms with E-state index in [1.54, 1.807) is 30.3 Å². The van der Waals surface area contributed by atoms with Crippen molar-refractivity contribution >= 4 is 40.5 Å². The van der Waals surface area contributed by atoms with Gasteiger partial charge in [-0.25, -0.2) is 0 Å². The average Bonchev–Trinajstić information content (AvgIpc) is 2.71. The van der Waals surface area contributed by atoms with Gasteiger partial charge in [0.25, 0.3) is 5.91 Å². The third kappa shape index (κ3) is 5.99. The first-order chi connectivity index (χ1) is 14.4. The molecular weight excluding hydrogens is 394 g/mol. The molecule has 0 heterocycles. The van der Waals surface area contributed by atoms with E-state index in [4.69, 9.17) is 12.2 Å². The Balaban J connectivity index is 1.52. The fourth-order valence-electron chi connectivity index (χ4n) is 2.94. The molecule has 0 radical (unpaired) electrons. The van der Waals surface area contributed by atoms with Gasteiger partial charge >= 0.3 is 0 Å². The number of nitrogens with one attached hydrogen (secondary N) is 3. The number of hydrogen-bond donors (Lipinski definition) is 3. The quantitative estimate of drug-likeness (QED) is 0.530. The van der Waals surface area contributed by atoms with Gasteiger partial charge in [0.15, 0.2) is 5.11 Å². The van der Waals surface area contributed by atoms with Gasteiger partial charge in [0.1, 0.15) is 0 Å². The Hall–Kier alpha value is -3.51. The highest BCUT2D eigenvalue weighted by Gasteiger charge is 2.09. The van der Waals surface area contributed by atoms with Gasteiger partial charge in [-0.15, -0.1) is 0 Å². The molecule has 0 aliphatic rings. The maximum atomic E-state index is 12.3. The number of hydrogen-bond acceptors (Lipinski definition) is 3. The Kier molecular flexibility index (Phi) is 6.93. The molecule has 0 aliphatic carbocycles. The zero-order chi connectivity index (χ0) is 21.5. The van der Waals surface area contributed by atoms with Crippen LogP contribution in [0, 0.1) is 13.8 Å². The Morgan fingerprint density at radius 1 is 0.833 bits per heavy atom. The molecule has 0 unspecified atom stereocenters. The number of amides is 2. The summed E-state index contributed by atoms with van der Waals surface area (Å²) in [6.07, 6.45) is 0.262. The number of thiocarbonyl (C=S) groups is 1. The van der Waals surface area contributed by atoms with E-state index in [-0.39, 0.29) is 23.3 Å². The normalized spacial score (nSPS) is 10.2. The van der Waals surface area contributed by atoms with Crippen LogP contribution in [0.3, 0.4) is 0 Å². The van der Waals surface area contributed by atoms with Crippen molar-refractivity contribution in [2.75, 3.05) is 10.6 Å². The largest absolute Gasteiger partial charge is 0.332 e. The number of rotatable bonds is 5. The van der Waals surface area contributed by atoms with Gasteiger partial charge in [-0.1, -0.05) is 42.0 Å². The minimum absolute atomic E-state index is 0.168. The molecule has 0 saturated carbocycles. The second-order valence-electron chi connectivity index (χ2n) is 7.01. The van der Waals surface area contributed by atoms with Crippen molar-refractivity contribution in [2.24, 2.45) is 0 Å². The lowest BCUT2D eigenvalue weighted by Gasteiger charge is -2.11. The molecule has 0 atom stereocenters. The summed E-state index contributed by atoms with van der Waals surface area (Å²) < 4.78 is 0. The molecule has 152 valence electrons. The summed E-state index contributed by atoms with van der Waals surface area (Å²) in [7, 11) is 0. The highest BCUT2D eigenvalue weighted by atomic mass is 32.1. The lowest BCUT2D eigenvalue weighted by atomic mass is 10.1. The summed E-state index contributed by atoms with van der Waals surface area (Å²) in [6.45, 7) is 3.92. The van der Waals surface area contributed by atoms with Gasteiger partial charge in [-0.2, -0.15) is 0 Å². The summed E-state index contributed by atoms with van der Waals surface area (Å²) >= 11 is 5.23. The van der Waals surface area contributed by atoms with E-state index < -0.39 is 0 Å². The molecule has 0 aliphatic heterocycles. The molecule has 0 aromatic heterocycles. The van der Waals surface area contributed by atoms with Crippen molar-refractivity contribution < 1.29 is 9.59 Å². The van der Waals surface area contributed by atoms with Crippen LogP contribution in [0.25, 0.3) is 0 Å². The van der Waals surface area contributed by atoms with Crippen LogP contribution in [-0.4, -0.2) is 16.9 Å². The van der Waals surface area contributed by atoms with Crippen LogP contribution >= 0.6 is 12.2 Å². The minimum atomic E-state index is -0.177. The van der Waals surface area contributed by atoms with Gasteiger partial charge < -0.3 is 16.0 Å². The van der Waals surface area contributed by atoms with E-state index in [1.807, 2.05) is 56.3 Å². The monoisotopic (exact) mass is 417 g/mol. The van der Waals surface area contributed by atoms with Crippen molar-refractivity contribution in [3.05, 3.63) is 95.1 Å².